The van der Waals surface area contributed by atoms with Gasteiger partial charge in [-0.1, -0.05) is 6.92 Å². The van der Waals surface area contributed by atoms with Crippen LogP contribution >= 0.6 is 11.3 Å². The molecule has 0 saturated heterocycles. The molecule has 22 heavy (non-hydrogen) atoms. The third-order valence-electron chi connectivity index (χ3n) is 3.31. The van der Waals surface area contributed by atoms with E-state index in [0.29, 0.717) is 16.9 Å². The van der Waals surface area contributed by atoms with Crippen molar-refractivity contribution in [3.63, 3.8) is 0 Å². The Bertz CT molecular complexity index is 866. The van der Waals surface area contributed by atoms with E-state index in [4.69, 9.17) is 5.26 Å². The van der Waals surface area contributed by atoms with Crippen molar-refractivity contribution in [3.8, 4) is 6.07 Å². The van der Waals surface area contributed by atoms with Crippen molar-refractivity contribution in [3.05, 3.63) is 52.4 Å². The van der Waals surface area contributed by atoms with Gasteiger partial charge in [0.1, 0.15) is 22.3 Å². The maximum absolute atomic E-state index is 13.8. The molecule has 0 aliphatic carbocycles. The fraction of sp³-hybridized carbons (Fsp3) is 0.188. The van der Waals surface area contributed by atoms with Crippen molar-refractivity contribution in [1.29, 1.82) is 5.26 Å². The number of thiophene rings is 1. The van der Waals surface area contributed by atoms with Crippen LogP contribution in [0.25, 0.3) is 10.2 Å². The lowest BCUT2D eigenvalue weighted by Crippen LogP contribution is -2.06. The number of nitrogens with zero attached hydrogens (tertiary/aromatic N) is 3. The molecule has 0 unspecified atom stereocenters. The summed E-state index contributed by atoms with van der Waals surface area (Å²) in [6.45, 7) is 2.26. The summed E-state index contributed by atoms with van der Waals surface area (Å²) in [6.07, 6.45) is 0.737. The van der Waals surface area contributed by atoms with Crippen LogP contribution in [0.3, 0.4) is 0 Å². The molecule has 0 bridgehead atoms. The zero-order valence-electron chi connectivity index (χ0n) is 11.9. The lowest BCUT2D eigenvalue weighted by atomic mass is 10.1. The van der Waals surface area contributed by atoms with E-state index in [1.165, 1.54) is 12.1 Å². The largest absolute Gasteiger partial charge is 0.365 e. The fourth-order valence-corrected chi connectivity index (χ4v) is 2.93. The molecular formula is C16H13FN4S. The van der Waals surface area contributed by atoms with Crippen molar-refractivity contribution >= 4 is 27.4 Å². The SMILES string of the molecule is CCc1nc(NCc2cc(C#N)ccc2F)c2ccsc2n1. The van der Waals surface area contributed by atoms with Gasteiger partial charge in [-0.05, 0) is 29.6 Å². The van der Waals surface area contributed by atoms with Gasteiger partial charge in [0, 0.05) is 18.5 Å². The molecule has 0 amide bonds. The van der Waals surface area contributed by atoms with E-state index < -0.39 is 0 Å². The Hall–Kier alpha value is -2.52. The second kappa shape index (κ2) is 6.08. The highest BCUT2D eigenvalue weighted by atomic mass is 32.1. The van der Waals surface area contributed by atoms with E-state index in [2.05, 4.69) is 15.3 Å². The first-order valence-electron chi connectivity index (χ1n) is 6.87. The van der Waals surface area contributed by atoms with Gasteiger partial charge in [0.15, 0.2) is 0 Å². The van der Waals surface area contributed by atoms with Gasteiger partial charge in [-0.25, -0.2) is 14.4 Å². The Morgan fingerprint density at radius 2 is 2.18 bits per heavy atom. The van der Waals surface area contributed by atoms with Gasteiger partial charge in [0.05, 0.1) is 17.0 Å². The first kappa shape index (κ1) is 14.4. The average Bonchev–Trinajstić information content (AvgIpc) is 3.02. The number of halogens is 1. The second-order valence-corrected chi connectivity index (χ2v) is 5.65. The highest BCUT2D eigenvalue weighted by molar-refractivity contribution is 7.16. The molecule has 1 aromatic carbocycles. The number of rotatable bonds is 4. The van der Waals surface area contributed by atoms with Crippen LogP contribution in [0.5, 0.6) is 0 Å². The van der Waals surface area contributed by atoms with Gasteiger partial charge in [-0.2, -0.15) is 5.26 Å². The highest BCUT2D eigenvalue weighted by Gasteiger charge is 2.09. The molecule has 2 aromatic heterocycles. The van der Waals surface area contributed by atoms with Crippen molar-refractivity contribution in [2.24, 2.45) is 0 Å². The number of anilines is 1. The standard InChI is InChI=1S/C16H13FN4S/c1-2-14-20-15(12-5-6-22-16(12)21-14)19-9-11-7-10(8-18)3-4-13(11)17/h3-7H,2,9H2,1H3,(H,19,20,21). The molecule has 2 heterocycles. The Labute approximate surface area is 131 Å². The van der Waals surface area contributed by atoms with E-state index >= 15 is 0 Å². The summed E-state index contributed by atoms with van der Waals surface area (Å²) in [4.78, 5) is 9.86. The lowest BCUT2D eigenvalue weighted by Gasteiger charge is -2.09. The third kappa shape index (κ3) is 2.76. The number of nitrogens with one attached hydrogen (secondary N) is 1. The number of aryl methyl sites for hydroxylation is 1. The molecule has 0 fully saturated rings. The van der Waals surface area contributed by atoms with Gasteiger partial charge >= 0.3 is 0 Å². The van der Waals surface area contributed by atoms with Gasteiger partial charge in [-0.15, -0.1) is 11.3 Å². The van der Waals surface area contributed by atoms with E-state index in [1.807, 2.05) is 24.4 Å². The maximum atomic E-state index is 13.8. The summed E-state index contributed by atoms with van der Waals surface area (Å²) in [5.74, 6) is 1.12. The van der Waals surface area contributed by atoms with Gasteiger partial charge < -0.3 is 5.32 Å². The zero-order chi connectivity index (χ0) is 15.5. The molecular weight excluding hydrogens is 299 g/mol. The topological polar surface area (TPSA) is 61.6 Å². The molecule has 0 aliphatic heterocycles. The monoisotopic (exact) mass is 312 g/mol. The summed E-state index contributed by atoms with van der Waals surface area (Å²) >= 11 is 1.55. The summed E-state index contributed by atoms with van der Waals surface area (Å²) < 4.78 is 13.8. The number of benzene rings is 1. The van der Waals surface area contributed by atoms with Crippen LogP contribution in [0.1, 0.15) is 23.9 Å². The number of nitriles is 1. The molecule has 0 aliphatic rings. The Morgan fingerprint density at radius 3 is 2.95 bits per heavy atom. The van der Waals surface area contributed by atoms with E-state index in [9.17, 15) is 4.39 Å². The summed E-state index contributed by atoms with van der Waals surface area (Å²) in [7, 11) is 0. The second-order valence-electron chi connectivity index (χ2n) is 4.75. The Balaban J connectivity index is 1.91. The number of hydrogen-bond donors (Lipinski definition) is 1. The highest BCUT2D eigenvalue weighted by Crippen LogP contribution is 2.26. The molecule has 0 atom stereocenters. The van der Waals surface area contributed by atoms with Crippen LogP contribution in [0.4, 0.5) is 10.2 Å². The molecule has 1 N–H and O–H groups in total. The van der Waals surface area contributed by atoms with Gasteiger partial charge in [-0.3, -0.25) is 0 Å². The van der Waals surface area contributed by atoms with Crippen LogP contribution in [0.2, 0.25) is 0 Å². The Kier molecular flexibility index (Phi) is 3.98. The molecule has 0 spiro atoms. The van der Waals surface area contributed by atoms with E-state index in [1.54, 1.807) is 17.4 Å². The van der Waals surface area contributed by atoms with Crippen molar-refractivity contribution in [2.45, 2.75) is 19.9 Å². The van der Waals surface area contributed by atoms with Crippen molar-refractivity contribution in [1.82, 2.24) is 9.97 Å². The molecule has 6 heteroatoms. The zero-order valence-corrected chi connectivity index (χ0v) is 12.7. The maximum Gasteiger partial charge on any atom is 0.138 e. The van der Waals surface area contributed by atoms with Gasteiger partial charge in [0.25, 0.3) is 0 Å². The van der Waals surface area contributed by atoms with Crippen LogP contribution < -0.4 is 5.32 Å². The normalized spacial score (nSPS) is 10.6. The van der Waals surface area contributed by atoms with Crippen molar-refractivity contribution in [2.75, 3.05) is 5.32 Å². The van der Waals surface area contributed by atoms with E-state index in [-0.39, 0.29) is 12.4 Å². The van der Waals surface area contributed by atoms with Gasteiger partial charge in [0.2, 0.25) is 0 Å². The third-order valence-corrected chi connectivity index (χ3v) is 4.12. The first-order valence-corrected chi connectivity index (χ1v) is 7.75. The molecule has 0 saturated carbocycles. The minimum atomic E-state index is -0.335. The lowest BCUT2D eigenvalue weighted by molar-refractivity contribution is 0.612. The van der Waals surface area contributed by atoms with Crippen LogP contribution in [-0.4, -0.2) is 9.97 Å². The van der Waals surface area contributed by atoms with Crippen molar-refractivity contribution < 1.29 is 4.39 Å². The minimum Gasteiger partial charge on any atom is -0.365 e. The quantitative estimate of drug-likeness (QED) is 0.794. The number of fused-ring (bicyclic) bond motifs is 1. The van der Waals surface area contributed by atoms with Crippen LogP contribution in [0, 0.1) is 17.1 Å². The average molecular weight is 312 g/mol. The summed E-state index contributed by atoms with van der Waals surface area (Å²) in [5, 5.41) is 15.0. The predicted octanol–water partition coefficient (Wildman–Crippen LogP) is 3.88. The predicted molar refractivity (Wildman–Crippen MR) is 85.2 cm³/mol. The molecule has 110 valence electrons. The summed E-state index contributed by atoms with van der Waals surface area (Å²) in [5.41, 5.74) is 0.884. The van der Waals surface area contributed by atoms with E-state index in [0.717, 1.165) is 22.5 Å². The molecule has 0 radical (unpaired) electrons. The molecule has 3 rings (SSSR count). The Morgan fingerprint density at radius 1 is 1.32 bits per heavy atom. The smallest absolute Gasteiger partial charge is 0.138 e. The van der Waals surface area contributed by atoms with Crippen LogP contribution in [-0.2, 0) is 13.0 Å². The fourth-order valence-electron chi connectivity index (χ4n) is 2.15. The van der Waals surface area contributed by atoms with Crippen LogP contribution in [0.15, 0.2) is 29.6 Å². The molecule has 4 nitrogen and oxygen atoms in total. The number of hydrogen-bond acceptors (Lipinski definition) is 5. The summed E-state index contributed by atoms with van der Waals surface area (Å²) in [6, 6.07) is 8.30. The molecule has 3 aromatic rings. The first-order chi connectivity index (χ1) is 10.7. The number of aromatic nitrogens is 2. The minimum absolute atomic E-state index is 0.270.